The first-order valence-corrected chi connectivity index (χ1v) is 11.1. The molecule has 3 heterocycles. The van der Waals surface area contributed by atoms with Crippen LogP contribution in [-0.2, 0) is 23.7 Å². The predicted molar refractivity (Wildman–Crippen MR) is 132 cm³/mol. The lowest BCUT2D eigenvalue weighted by Crippen LogP contribution is -2.35. The van der Waals surface area contributed by atoms with E-state index in [4.69, 9.17) is 5.73 Å². The average Bonchev–Trinajstić information content (AvgIpc) is 3.43. The summed E-state index contributed by atoms with van der Waals surface area (Å²) in [5.41, 5.74) is 11.6. The molecule has 0 fully saturated rings. The van der Waals surface area contributed by atoms with E-state index in [1.807, 2.05) is 42.6 Å². The summed E-state index contributed by atoms with van der Waals surface area (Å²) in [6, 6.07) is 13.3. The topological polar surface area (TPSA) is 95.8 Å². The van der Waals surface area contributed by atoms with E-state index in [9.17, 15) is 9.59 Å². The minimum absolute atomic E-state index is 0.187. The van der Waals surface area contributed by atoms with Gasteiger partial charge in [-0.05, 0) is 60.9 Å². The number of benzene rings is 1. The Morgan fingerprint density at radius 1 is 1.06 bits per heavy atom. The summed E-state index contributed by atoms with van der Waals surface area (Å²) >= 11 is 0. The van der Waals surface area contributed by atoms with Gasteiger partial charge in [-0.1, -0.05) is 24.3 Å². The lowest BCUT2D eigenvalue weighted by molar-refractivity contribution is -0.122. The molecule has 3 aromatic heterocycles. The van der Waals surface area contributed by atoms with Crippen LogP contribution in [-0.4, -0.2) is 25.0 Å². The first kappa shape index (κ1) is 21.6. The van der Waals surface area contributed by atoms with Crippen LogP contribution in [0, 0.1) is 0 Å². The van der Waals surface area contributed by atoms with E-state index < -0.39 is 11.3 Å². The summed E-state index contributed by atoms with van der Waals surface area (Å²) in [7, 11) is 1.72. The smallest absolute Gasteiger partial charge is 0.333 e. The van der Waals surface area contributed by atoms with Crippen LogP contribution in [0.15, 0.2) is 71.9 Å². The van der Waals surface area contributed by atoms with Gasteiger partial charge in [-0.3, -0.25) is 19.3 Å². The van der Waals surface area contributed by atoms with Crippen molar-refractivity contribution in [2.45, 2.75) is 25.7 Å². The van der Waals surface area contributed by atoms with Gasteiger partial charge in [0.05, 0.1) is 28.2 Å². The molecule has 4 aromatic rings. The Labute approximate surface area is 197 Å². The molecule has 0 saturated carbocycles. The average molecular weight is 452 g/mol. The molecule has 7 heteroatoms. The zero-order valence-corrected chi connectivity index (χ0v) is 19.3. The Bertz CT molecular complexity index is 1510. The second-order valence-electron chi connectivity index (χ2n) is 9.08. The van der Waals surface area contributed by atoms with E-state index in [1.165, 1.54) is 4.57 Å². The fraction of sp³-hybridized carbons (Fsp3) is 0.185. The molecule has 0 saturated heterocycles. The number of fused-ring (bicyclic) bond motifs is 1. The van der Waals surface area contributed by atoms with Crippen molar-refractivity contribution in [2.75, 3.05) is 0 Å². The van der Waals surface area contributed by atoms with Gasteiger partial charge >= 0.3 is 5.69 Å². The van der Waals surface area contributed by atoms with Gasteiger partial charge in [-0.2, -0.15) is 0 Å². The summed E-state index contributed by atoms with van der Waals surface area (Å²) in [6.45, 7) is 3.56. The van der Waals surface area contributed by atoms with Crippen molar-refractivity contribution in [3.63, 3.8) is 0 Å². The molecule has 0 atom stereocenters. The van der Waals surface area contributed by atoms with E-state index >= 15 is 0 Å². The van der Waals surface area contributed by atoms with Crippen LogP contribution in [0.2, 0.25) is 0 Å². The highest BCUT2D eigenvalue weighted by molar-refractivity contribution is 5.85. The second kappa shape index (κ2) is 7.95. The van der Waals surface area contributed by atoms with Crippen LogP contribution in [0.25, 0.3) is 34.3 Å². The monoisotopic (exact) mass is 451 g/mol. The molecule has 2 N–H and O–H groups in total. The molecule has 170 valence electrons. The maximum atomic E-state index is 13.0. The number of nitrogens with two attached hydrogens (primary N) is 1. The Morgan fingerprint density at radius 3 is 2.56 bits per heavy atom. The number of nitrogens with zero attached hydrogens (tertiary/aromatic N) is 4. The highest BCUT2D eigenvalue weighted by Gasteiger charge is 2.27. The summed E-state index contributed by atoms with van der Waals surface area (Å²) in [6.07, 6.45) is 10.5. The lowest BCUT2D eigenvalue weighted by atomic mass is 9.84. The number of rotatable bonds is 5. The first-order valence-electron chi connectivity index (χ1n) is 11.1. The predicted octanol–water partition coefficient (Wildman–Crippen LogP) is 3.63. The zero-order chi connectivity index (χ0) is 24.0. The third-order valence-electron chi connectivity index (χ3n) is 6.48. The fourth-order valence-electron chi connectivity index (χ4n) is 4.19. The molecule has 34 heavy (non-hydrogen) atoms. The number of pyridine rings is 2. The molecule has 1 aliphatic rings. The second-order valence-corrected chi connectivity index (χ2v) is 9.08. The number of primary amides is 1. The van der Waals surface area contributed by atoms with Gasteiger partial charge in [0.25, 0.3) is 0 Å². The Hall–Kier alpha value is -4.26. The normalized spacial score (nSPS) is 12.7. The molecule has 0 spiro atoms. The van der Waals surface area contributed by atoms with Gasteiger partial charge in [-0.25, -0.2) is 4.79 Å². The van der Waals surface area contributed by atoms with Crippen molar-refractivity contribution >= 4 is 12.0 Å². The van der Waals surface area contributed by atoms with Crippen LogP contribution in [0.1, 0.15) is 30.7 Å². The Morgan fingerprint density at radius 2 is 1.82 bits per heavy atom. The molecule has 5 rings (SSSR count). The Kier molecular flexibility index (Phi) is 5.05. The van der Waals surface area contributed by atoms with Crippen molar-refractivity contribution in [1.29, 1.82) is 0 Å². The molecule has 1 aliphatic carbocycles. The van der Waals surface area contributed by atoms with Crippen molar-refractivity contribution in [3.8, 4) is 28.2 Å². The molecule has 0 unspecified atom stereocenters. The third kappa shape index (κ3) is 3.55. The SMILES string of the molecule is Cn1cc(-c2cc(-c3cnc4c(c3)C=CC4)ccn2)n(-c2ccc(C(C)(C)C(N)=O)cc2)c1=O. The zero-order valence-electron chi connectivity index (χ0n) is 19.3. The standard InChI is InChI=1S/C27H25N5O2/c1-27(2,25(28)33)20-7-9-21(10-8-20)32-24(16-31(3)26(32)34)23-14-17(11-12-29-23)19-13-18-5-4-6-22(18)30-15-19/h4-5,7-16H,6H2,1-3H3,(H2,28,33). The van der Waals surface area contributed by atoms with Gasteiger partial charge in [0.2, 0.25) is 5.91 Å². The third-order valence-corrected chi connectivity index (χ3v) is 6.48. The minimum Gasteiger partial charge on any atom is -0.369 e. The van der Waals surface area contributed by atoms with Gasteiger partial charge in [-0.15, -0.1) is 0 Å². The molecule has 0 bridgehead atoms. The van der Waals surface area contributed by atoms with Crippen LogP contribution in [0.5, 0.6) is 0 Å². The van der Waals surface area contributed by atoms with Gasteiger partial charge in [0.1, 0.15) is 0 Å². The number of carbonyl (C=O) groups excluding carboxylic acids is 1. The molecule has 0 aliphatic heterocycles. The number of aryl methyl sites for hydroxylation is 1. The molecule has 7 nitrogen and oxygen atoms in total. The van der Waals surface area contributed by atoms with E-state index in [2.05, 4.69) is 28.2 Å². The van der Waals surface area contributed by atoms with Crippen LogP contribution < -0.4 is 11.4 Å². The van der Waals surface area contributed by atoms with Crippen molar-refractivity contribution < 1.29 is 4.79 Å². The van der Waals surface area contributed by atoms with Gasteiger partial charge < -0.3 is 10.3 Å². The van der Waals surface area contributed by atoms with E-state index in [-0.39, 0.29) is 5.69 Å². The van der Waals surface area contributed by atoms with Crippen molar-refractivity contribution in [1.82, 2.24) is 19.1 Å². The van der Waals surface area contributed by atoms with E-state index in [0.29, 0.717) is 17.1 Å². The van der Waals surface area contributed by atoms with Crippen LogP contribution >= 0.6 is 0 Å². The molecular weight excluding hydrogens is 426 g/mol. The number of amides is 1. The molecule has 1 aromatic carbocycles. The summed E-state index contributed by atoms with van der Waals surface area (Å²) in [4.78, 5) is 34.0. The van der Waals surface area contributed by atoms with E-state index in [0.717, 1.165) is 34.4 Å². The largest absolute Gasteiger partial charge is 0.369 e. The number of imidazole rings is 1. The summed E-state index contributed by atoms with van der Waals surface area (Å²) in [5.74, 6) is -0.407. The van der Waals surface area contributed by atoms with Crippen LogP contribution in [0.3, 0.4) is 0 Å². The quantitative estimate of drug-likeness (QED) is 0.501. The number of hydrogen-bond acceptors (Lipinski definition) is 4. The van der Waals surface area contributed by atoms with Gasteiger partial charge in [0.15, 0.2) is 0 Å². The maximum Gasteiger partial charge on any atom is 0.333 e. The van der Waals surface area contributed by atoms with Crippen LogP contribution in [0.4, 0.5) is 0 Å². The molecule has 0 radical (unpaired) electrons. The highest BCUT2D eigenvalue weighted by atomic mass is 16.2. The lowest BCUT2D eigenvalue weighted by Gasteiger charge is -2.21. The number of allylic oxidation sites excluding steroid dienone is 1. The summed E-state index contributed by atoms with van der Waals surface area (Å²) in [5, 5.41) is 0. The number of carbonyl (C=O) groups is 1. The molecular formula is C27H25N5O2. The fourth-order valence-corrected chi connectivity index (χ4v) is 4.19. The van der Waals surface area contributed by atoms with E-state index in [1.54, 1.807) is 37.9 Å². The minimum atomic E-state index is -0.808. The number of aromatic nitrogens is 4. The van der Waals surface area contributed by atoms with Crippen molar-refractivity contribution in [2.24, 2.45) is 12.8 Å². The van der Waals surface area contributed by atoms with Gasteiger partial charge in [0, 0.05) is 37.6 Å². The first-order chi connectivity index (χ1) is 16.3. The molecule has 1 amide bonds. The Balaban J connectivity index is 1.58. The van der Waals surface area contributed by atoms with Crippen molar-refractivity contribution in [3.05, 3.63) is 94.4 Å². The maximum absolute atomic E-state index is 13.0. The summed E-state index contributed by atoms with van der Waals surface area (Å²) < 4.78 is 3.16. The highest BCUT2D eigenvalue weighted by Crippen LogP contribution is 2.29. The number of hydrogen-bond donors (Lipinski definition) is 1.